The largest absolute Gasteiger partial charge is 0.476 e. The average molecular weight is 434 g/mol. The van der Waals surface area contributed by atoms with Crippen molar-refractivity contribution in [1.29, 1.82) is 0 Å². The van der Waals surface area contributed by atoms with E-state index in [9.17, 15) is 29.7 Å². The second-order valence-corrected chi connectivity index (χ2v) is 8.32. The summed E-state index contributed by atoms with van der Waals surface area (Å²) >= 11 is 0.752. The summed E-state index contributed by atoms with van der Waals surface area (Å²) < 4.78 is 11.1. The Morgan fingerprint density at radius 2 is 1.73 bits per heavy atom. The fourth-order valence-corrected chi connectivity index (χ4v) is 5.21. The van der Waals surface area contributed by atoms with Gasteiger partial charge in [-0.3, -0.25) is 14.4 Å². The summed E-state index contributed by atoms with van der Waals surface area (Å²) in [6.45, 7) is 2.82. The molecule has 1 aromatic carbocycles. The highest BCUT2D eigenvalue weighted by atomic mass is 32.2. The van der Waals surface area contributed by atoms with Gasteiger partial charge >= 0.3 is 0 Å². The third kappa shape index (κ3) is 3.09. The normalized spacial score (nSPS) is 31.2. The summed E-state index contributed by atoms with van der Waals surface area (Å²) in [5.74, 6) is -2.79. The van der Waals surface area contributed by atoms with Crippen LogP contribution < -0.4 is 4.74 Å². The molecule has 0 aliphatic carbocycles. The highest BCUT2D eigenvalue weighted by Crippen LogP contribution is 2.49. The van der Waals surface area contributed by atoms with Gasteiger partial charge in [0.25, 0.3) is 0 Å². The number of thioether (sulfide) groups is 1. The molecule has 0 radical (unpaired) electrons. The number of rotatable bonds is 6. The van der Waals surface area contributed by atoms with Crippen molar-refractivity contribution < 1.29 is 38.9 Å². The average Bonchev–Trinajstić information content (AvgIpc) is 3.23. The first-order valence-electron chi connectivity index (χ1n) is 9.11. The number of ketones is 3. The summed E-state index contributed by atoms with van der Waals surface area (Å²) in [7, 11) is 0. The van der Waals surface area contributed by atoms with Gasteiger partial charge in [-0.15, -0.1) is 11.8 Å². The number of carbonyl (C=O) groups is 3. The molecule has 1 fully saturated rings. The van der Waals surface area contributed by atoms with Gasteiger partial charge in [-0.1, -0.05) is 12.1 Å². The minimum absolute atomic E-state index is 0.222. The first kappa shape index (κ1) is 22.2. The molecule has 3 N–H and O–H groups in total. The molecule has 30 heavy (non-hydrogen) atoms. The second-order valence-electron chi connectivity index (χ2n) is 7.27. The van der Waals surface area contributed by atoms with Crippen molar-refractivity contribution in [2.75, 3.05) is 5.75 Å². The van der Waals surface area contributed by atoms with Crippen molar-refractivity contribution in [2.24, 2.45) is 0 Å². The van der Waals surface area contributed by atoms with Gasteiger partial charge in [0.2, 0.25) is 5.60 Å². The van der Waals surface area contributed by atoms with E-state index in [-0.39, 0.29) is 5.75 Å². The fraction of sp³-hybridized carbons (Fsp3) is 0.381. The van der Waals surface area contributed by atoms with E-state index in [1.54, 1.807) is 36.4 Å². The molecular formula is C21H22O8S. The van der Waals surface area contributed by atoms with Gasteiger partial charge in [0.05, 0.1) is 6.26 Å². The van der Waals surface area contributed by atoms with Crippen LogP contribution in [0.1, 0.15) is 20.8 Å². The van der Waals surface area contributed by atoms with E-state index in [1.165, 1.54) is 6.26 Å². The van der Waals surface area contributed by atoms with Crippen LogP contribution in [0.4, 0.5) is 0 Å². The van der Waals surface area contributed by atoms with E-state index in [2.05, 4.69) is 0 Å². The predicted molar refractivity (Wildman–Crippen MR) is 108 cm³/mol. The van der Waals surface area contributed by atoms with E-state index in [0.717, 1.165) is 32.5 Å². The topological polar surface area (TPSA) is 134 Å². The molecule has 0 unspecified atom stereocenters. The molecule has 0 saturated carbocycles. The first-order chi connectivity index (χ1) is 14.0. The molecule has 1 saturated heterocycles. The lowest BCUT2D eigenvalue weighted by atomic mass is 9.65. The lowest BCUT2D eigenvalue weighted by Crippen LogP contribution is -2.82. The van der Waals surface area contributed by atoms with Crippen LogP contribution in [-0.2, 0) is 14.4 Å². The number of benzene rings is 1. The quantitative estimate of drug-likeness (QED) is 0.616. The van der Waals surface area contributed by atoms with Crippen molar-refractivity contribution >= 4 is 29.1 Å². The molecule has 0 spiro atoms. The third-order valence-electron chi connectivity index (χ3n) is 5.45. The molecule has 3 rings (SSSR count). The number of hydrogen-bond donors (Lipinski definition) is 3. The SMILES string of the molecule is CC(=O)[C@]1(O)[C@@](O)(C(C)=O)CS[C@H](Oc2cccc(-c3ccco3)c2)[C@@]1(O)C(C)=O. The lowest BCUT2D eigenvalue weighted by Gasteiger charge is -2.54. The maximum absolute atomic E-state index is 12.5. The minimum atomic E-state index is -3.09. The van der Waals surface area contributed by atoms with Gasteiger partial charge < -0.3 is 24.5 Å². The van der Waals surface area contributed by atoms with E-state index < -0.39 is 45.3 Å². The molecule has 1 aliphatic heterocycles. The monoisotopic (exact) mass is 434 g/mol. The Labute approximate surface area is 176 Å². The highest BCUT2D eigenvalue weighted by Gasteiger charge is 2.75. The van der Waals surface area contributed by atoms with Crippen molar-refractivity contribution in [3.63, 3.8) is 0 Å². The molecule has 9 heteroatoms. The Morgan fingerprint density at radius 3 is 2.27 bits per heavy atom. The van der Waals surface area contributed by atoms with Crippen LogP contribution in [0.5, 0.6) is 5.75 Å². The number of furan rings is 1. The number of Topliss-reactive ketones (excluding diaryl/α,β-unsaturated/α-hetero) is 3. The zero-order valence-electron chi connectivity index (χ0n) is 16.6. The number of ether oxygens (including phenoxy) is 1. The van der Waals surface area contributed by atoms with Crippen molar-refractivity contribution in [3.05, 3.63) is 42.7 Å². The maximum Gasteiger partial charge on any atom is 0.208 e. The summed E-state index contributed by atoms with van der Waals surface area (Å²) in [6.07, 6.45) is 1.50. The summed E-state index contributed by atoms with van der Waals surface area (Å²) in [6, 6.07) is 10.0. The molecule has 2 heterocycles. The Bertz CT molecular complexity index is 987. The minimum Gasteiger partial charge on any atom is -0.476 e. The fourth-order valence-electron chi connectivity index (χ4n) is 3.65. The van der Waals surface area contributed by atoms with Crippen molar-refractivity contribution in [3.8, 4) is 17.1 Å². The molecule has 1 aliphatic rings. The van der Waals surface area contributed by atoms with Crippen LogP contribution in [-0.4, -0.2) is 60.7 Å². The summed E-state index contributed by atoms with van der Waals surface area (Å²) in [5.41, 5.74) is -9.46. The number of carbonyl (C=O) groups excluding carboxylic acids is 3. The number of hydrogen-bond acceptors (Lipinski definition) is 9. The molecule has 4 atom stereocenters. The van der Waals surface area contributed by atoms with Crippen LogP contribution in [0, 0.1) is 0 Å². The van der Waals surface area contributed by atoms with Crippen LogP contribution in [0.3, 0.4) is 0 Å². The van der Waals surface area contributed by atoms with E-state index >= 15 is 0 Å². The predicted octanol–water partition coefficient (Wildman–Crippen LogP) is 1.36. The first-order valence-corrected chi connectivity index (χ1v) is 10.2. The molecule has 2 aromatic rings. The summed E-state index contributed by atoms with van der Waals surface area (Å²) in [5, 5.41) is 33.3. The van der Waals surface area contributed by atoms with Crippen LogP contribution in [0.25, 0.3) is 11.3 Å². The Kier molecular flexibility index (Phi) is 5.68. The van der Waals surface area contributed by atoms with E-state index in [4.69, 9.17) is 9.15 Å². The standard InChI is InChI=1S/C21H22O8S/c1-12(22)19(25)11-30-18(20(26,13(2)23)21(19,27)14(3)24)29-16-7-4-6-15(10-16)17-8-5-9-28-17/h4-10,18,25-27H,11H2,1-3H3/t18-,19-,20-,21-/m0/s1. The van der Waals surface area contributed by atoms with Gasteiger partial charge in [0.15, 0.2) is 34.0 Å². The van der Waals surface area contributed by atoms with Crippen molar-refractivity contribution in [2.45, 2.75) is 43.0 Å². The van der Waals surface area contributed by atoms with Gasteiger partial charge in [-0.2, -0.15) is 0 Å². The number of aliphatic hydroxyl groups is 3. The lowest BCUT2D eigenvalue weighted by molar-refractivity contribution is -0.235. The maximum atomic E-state index is 12.5. The highest BCUT2D eigenvalue weighted by molar-refractivity contribution is 8.00. The Morgan fingerprint density at radius 1 is 1.03 bits per heavy atom. The van der Waals surface area contributed by atoms with Gasteiger partial charge in [-0.25, -0.2) is 0 Å². The smallest absolute Gasteiger partial charge is 0.208 e. The molecule has 160 valence electrons. The molecule has 0 amide bonds. The Balaban J connectivity index is 2.06. The Hall–Kier alpha value is -2.46. The molecule has 1 aromatic heterocycles. The van der Waals surface area contributed by atoms with Gasteiger partial charge in [0, 0.05) is 11.3 Å². The second kappa shape index (κ2) is 7.66. The van der Waals surface area contributed by atoms with E-state index in [0.29, 0.717) is 11.3 Å². The molecule has 8 nitrogen and oxygen atoms in total. The van der Waals surface area contributed by atoms with Crippen LogP contribution in [0.2, 0.25) is 0 Å². The molecule has 0 bridgehead atoms. The third-order valence-corrected chi connectivity index (χ3v) is 6.77. The van der Waals surface area contributed by atoms with E-state index in [1.807, 2.05) is 0 Å². The zero-order chi connectivity index (χ0) is 22.3. The van der Waals surface area contributed by atoms with Gasteiger partial charge in [0.1, 0.15) is 11.5 Å². The van der Waals surface area contributed by atoms with Gasteiger partial charge in [-0.05, 0) is 45.0 Å². The van der Waals surface area contributed by atoms with Crippen LogP contribution in [0.15, 0.2) is 47.1 Å². The molecular weight excluding hydrogens is 412 g/mol. The zero-order valence-corrected chi connectivity index (χ0v) is 17.4. The van der Waals surface area contributed by atoms with Crippen LogP contribution >= 0.6 is 11.8 Å². The summed E-state index contributed by atoms with van der Waals surface area (Å²) in [4.78, 5) is 37.1. The van der Waals surface area contributed by atoms with Crippen molar-refractivity contribution in [1.82, 2.24) is 0 Å².